The second-order valence-electron chi connectivity index (χ2n) is 15.1. The first kappa shape index (κ1) is 34.4. The highest BCUT2D eigenvalue weighted by Gasteiger charge is 2.40. The van der Waals surface area contributed by atoms with Crippen molar-refractivity contribution in [1.82, 2.24) is 20.1 Å². The van der Waals surface area contributed by atoms with Crippen molar-refractivity contribution >= 4 is 28.1 Å². The van der Waals surface area contributed by atoms with Crippen LogP contribution in [-0.4, -0.2) is 69.2 Å². The first-order valence-corrected chi connectivity index (χ1v) is 18.2. The van der Waals surface area contributed by atoms with Crippen molar-refractivity contribution in [3.05, 3.63) is 97.5 Å². The molecular formula is C39H50N4O4S. The number of nitrogens with one attached hydrogen (secondary N) is 2. The second kappa shape index (κ2) is 14.2. The van der Waals surface area contributed by atoms with Crippen LogP contribution in [0.3, 0.4) is 0 Å². The fourth-order valence-electron chi connectivity index (χ4n) is 7.63. The van der Waals surface area contributed by atoms with E-state index in [2.05, 4.69) is 78.1 Å². The number of fused-ring (bicyclic) bond motifs is 1. The quantitative estimate of drug-likeness (QED) is 0.152. The number of β-amino-alcohol motifs (C(OH)–C–C–N with tert-alkyl or cyclic N) is 1. The molecule has 2 aliphatic heterocycles. The van der Waals surface area contributed by atoms with E-state index in [4.69, 9.17) is 0 Å². The molecule has 0 saturated carbocycles. The van der Waals surface area contributed by atoms with Gasteiger partial charge in [0, 0.05) is 53.4 Å². The molecule has 2 fully saturated rings. The van der Waals surface area contributed by atoms with Crippen LogP contribution in [0.25, 0.3) is 10.9 Å². The number of aromatic hydroxyl groups is 1. The summed E-state index contributed by atoms with van der Waals surface area (Å²) in [6, 6.07) is 17.2. The van der Waals surface area contributed by atoms with Crippen molar-refractivity contribution in [1.29, 1.82) is 0 Å². The average molecular weight is 671 g/mol. The second-order valence-corrected chi connectivity index (χ2v) is 16.0. The molecule has 2 aromatic carbocycles. The lowest BCUT2D eigenvalue weighted by Crippen LogP contribution is -2.50. The Morgan fingerprint density at radius 3 is 2.56 bits per heavy atom. The van der Waals surface area contributed by atoms with Crippen molar-refractivity contribution in [3.8, 4) is 5.75 Å². The SMILES string of the molecule is CC(C)c1cc(C(=O)N2CCCC3(CCN(Cc4cccc(CC(C)(C)NC[C@H](O)c5ccc(O)c6[nH]c(=O)ccc56)c4)CC3)C2)cs1. The maximum Gasteiger partial charge on any atom is 0.254 e. The number of carbonyl (C=O) groups is 1. The van der Waals surface area contributed by atoms with Crippen LogP contribution in [0.4, 0.5) is 0 Å². The minimum atomic E-state index is -0.810. The summed E-state index contributed by atoms with van der Waals surface area (Å²) in [7, 11) is 0. The molecular weight excluding hydrogens is 621 g/mol. The molecule has 48 heavy (non-hydrogen) atoms. The number of phenolic OH excluding ortho intramolecular Hbond substituents is 1. The molecule has 4 heterocycles. The molecule has 2 aromatic heterocycles. The number of nitrogens with zero attached hydrogens (tertiary/aromatic N) is 2. The molecule has 0 radical (unpaired) electrons. The van der Waals surface area contributed by atoms with Gasteiger partial charge in [-0.1, -0.05) is 44.2 Å². The minimum Gasteiger partial charge on any atom is -0.506 e. The fraction of sp³-hybridized carbons (Fsp3) is 0.487. The van der Waals surface area contributed by atoms with Crippen molar-refractivity contribution in [2.24, 2.45) is 5.41 Å². The summed E-state index contributed by atoms with van der Waals surface area (Å²) in [6.07, 6.45) is 4.54. The fourth-order valence-corrected chi connectivity index (χ4v) is 8.53. The number of aromatic nitrogens is 1. The highest BCUT2D eigenvalue weighted by Crippen LogP contribution is 2.41. The number of rotatable bonds is 10. The van der Waals surface area contributed by atoms with Crippen LogP contribution in [0, 0.1) is 5.41 Å². The zero-order chi connectivity index (χ0) is 34.1. The number of carbonyl (C=O) groups excluding carboxylic acids is 1. The number of likely N-dealkylation sites (tertiary alicyclic amines) is 2. The highest BCUT2D eigenvalue weighted by atomic mass is 32.1. The van der Waals surface area contributed by atoms with Gasteiger partial charge in [-0.05, 0) is 105 Å². The lowest BCUT2D eigenvalue weighted by atomic mass is 9.72. The Bertz CT molecular complexity index is 1800. The smallest absolute Gasteiger partial charge is 0.254 e. The zero-order valence-electron chi connectivity index (χ0n) is 28.7. The van der Waals surface area contributed by atoms with Crippen molar-refractivity contribution < 1.29 is 15.0 Å². The molecule has 256 valence electrons. The number of phenols is 1. The Morgan fingerprint density at radius 2 is 1.81 bits per heavy atom. The number of pyridine rings is 1. The van der Waals surface area contributed by atoms with E-state index in [1.807, 2.05) is 5.38 Å². The number of piperidine rings is 2. The van der Waals surface area contributed by atoms with Gasteiger partial charge < -0.3 is 25.4 Å². The predicted octanol–water partition coefficient (Wildman–Crippen LogP) is 6.58. The summed E-state index contributed by atoms with van der Waals surface area (Å²) < 4.78 is 0. The topological polar surface area (TPSA) is 109 Å². The normalized spacial score (nSPS) is 17.8. The molecule has 1 spiro atoms. The van der Waals surface area contributed by atoms with Crippen LogP contribution < -0.4 is 10.9 Å². The van der Waals surface area contributed by atoms with E-state index < -0.39 is 6.10 Å². The van der Waals surface area contributed by atoms with Crippen LogP contribution in [0.5, 0.6) is 5.75 Å². The maximum atomic E-state index is 13.4. The number of hydrogen-bond acceptors (Lipinski definition) is 7. The number of benzene rings is 2. The molecule has 0 unspecified atom stereocenters. The molecule has 2 saturated heterocycles. The van der Waals surface area contributed by atoms with Crippen molar-refractivity contribution in [3.63, 3.8) is 0 Å². The summed E-state index contributed by atoms with van der Waals surface area (Å²) in [5.41, 5.74) is 4.06. The lowest BCUT2D eigenvalue weighted by molar-refractivity contribution is 0.0198. The summed E-state index contributed by atoms with van der Waals surface area (Å²) in [5.74, 6) is 0.638. The number of H-pyrrole nitrogens is 1. The summed E-state index contributed by atoms with van der Waals surface area (Å²) in [5, 5.41) is 27.5. The number of hydrogen-bond donors (Lipinski definition) is 4. The van der Waals surface area contributed by atoms with Gasteiger partial charge in [-0.15, -0.1) is 11.3 Å². The van der Waals surface area contributed by atoms with Crippen molar-refractivity contribution in [2.45, 2.75) is 83.9 Å². The van der Waals surface area contributed by atoms with Crippen LogP contribution in [-0.2, 0) is 13.0 Å². The van der Waals surface area contributed by atoms with Gasteiger partial charge in [-0.25, -0.2) is 0 Å². The van der Waals surface area contributed by atoms with Gasteiger partial charge in [0.25, 0.3) is 5.91 Å². The number of aromatic amines is 1. The number of aliphatic hydroxyl groups excluding tert-OH is 1. The van der Waals surface area contributed by atoms with Gasteiger partial charge in [-0.3, -0.25) is 14.5 Å². The van der Waals surface area contributed by atoms with Gasteiger partial charge in [0.1, 0.15) is 5.75 Å². The van der Waals surface area contributed by atoms with Crippen LogP contribution in [0.15, 0.2) is 64.8 Å². The van der Waals surface area contributed by atoms with Crippen LogP contribution >= 0.6 is 11.3 Å². The number of aliphatic hydroxyl groups is 1. The molecule has 4 aromatic rings. The van der Waals surface area contributed by atoms with Gasteiger partial charge in [0.2, 0.25) is 5.56 Å². The van der Waals surface area contributed by atoms with E-state index in [9.17, 15) is 19.8 Å². The van der Waals surface area contributed by atoms with Gasteiger partial charge in [-0.2, -0.15) is 0 Å². The molecule has 0 aliphatic carbocycles. The molecule has 2 aliphatic rings. The number of amides is 1. The van der Waals surface area contributed by atoms with Gasteiger partial charge in [0.05, 0.1) is 17.2 Å². The first-order valence-electron chi connectivity index (χ1n) is 17.4. The number of thiophene rings is 1. The minimum absolute atomic E-state index is 0.0158. The summed E-state index contributed by atoms with van der Waals surface area (Å²) in [6.45, 7) is 13.7. The average Bonchev–Trinajstić information content (AvgIpc) is 3.56. The summed E-state index contributed by atoms with van der Waals surface area (Å²) >= 11 is 1.70. The van der Waals surface area contributed by atoms with E-state index in [-0.39, 0.29) is 28.2 Å². The predicted molar refractivity (Wildman–Crippen MR) is 194 cm³/mol. The Hall–Kier alpha value is -3.50. The van der Waals surface area contributed by atoms with Gasteiger partial charge >= 0.3 is 0 Å². The summed E-state index contributed by atoms with van der Waals surface area (Å²) in [4.78, 5) is 33.8. The third kappa shape index (κ3) is 7.86. The van der Waals surface area contributed by atoms with E-state index in [0.29, 0.717) is 28.9 Å². The van der Waals surface area contributed by atoms with E-state index in [0.717, 1.165) is 64.0 Å². The molecule has 1 amide bonds. The van der Waals surface area contributed by atoms with E-state index in [1.54, 1.807) is 23.5 Å². The molecule has 9 heteroatoms. The molecule has 8 nitrogen and oxygen atoms in total. The first-order chi connectivity index (χ1) is 22.9. The molecule has 0 bridgehead atoms. The Morgan fingerprint density at radius 1 is 1.04 bits per heavy atom. The standard InChI is InChI=1S/C39H50N4O4S/c1-26(2)34-20-29(24-48-34)37(47)43-16-6-13-39(25-43)14-17-42(18-15-39)23-28-8-5-7-27(19-28)21-38(3,4)40-22-33(45)30-9-11-32(44)36-31(30)10-12-35(46)41-36/h5,7-12,19-20,24,26,33,40,44-45H,6,13-18,21-23,25H2,1-4H3,(H,41,46)/t33-/m0/s1. The maximum absolute atomic E-state index is 13.4. The third-order valence-electron chi connectivity index (χ3n) is 10.4. The monoisotopic (exact) mass is 670 g/mol. The largest absolute Gasteiger partial charge is 0.506 e. The van der Waals surface area contributed by atoms with Gasteiger partial charge in [0.15, 0.2) is 0 Å². The molecule has 6 rings (SSSR count). The van der Waals surface area contributed by atoms with Crippen LogP contribution in [0.1, 0.15) is 97.3 Å². The lowest BCUT2D eigenvalue weighted by Gasteiger charge is -2.47. The van der Waals surface area contributed by atoms with Crippen molar-refractivity contribution in [2.75, 3.05) is 32.7 Å². The Kier molecular flexibility index (Phi) is 10.1. The van der Waals surface area contributed by atoms with Crippen LogP contribution in [0.2, 0.25) is 0 Å². The molecule has 1 atom stereocenters. The molecule has 4 N–H and O–H groups in total. The third-order valence-corrected chi connectivity index (χ3v) is 11.6. The van der Waals surface area contributed by atoms with E-state index >= 15 is 0 Å². The Labute approximate surface area is 287 Å². The highest BCUT2D eigenvalue weighted by molar-refractivity contribution is 7.10. The Balaban J connectivity index is 1.01. The zero-order valence-corrected chi connectivity index (χ0v) is 29.5. The van der Waals surface area contributed by atoms with E-state index in [1.165, 1.54) is 34.6 Å².